The third kappa shape index (κ3) is 3.73. The molecule has 0 aliphatic carbocycles. The second-order valence-corrected chi connectivity index (χ2v) is 5.59. The monoisotopic (exact) mass is 276 g/mol. The smallest absolute Gasteiger partial charge is 0.263 e. The minimum atomic E-state index is -0.423. The predicted octanol–water partition coefficient (Wildman–Crippen LogP) is 2.01. The second kappa shape index (κ2) is 6.75. The topological polar surface area (TPSA) is 32.8 Å². The van der Waals surface area contributed by atoms with Gasteiger partial charge in [-0.25, -0.2) is 0 Å². The Labute approximate surface area is 121 Å². The minimum Gasteiger partial charge on any atom is -0.481 e. The van der Waals surface area contributed by atoms with Gasteiger partial charge in [0, 0.05) is 19.1 Å². The van der Waals surface area contributed by atoms with Gasteiger partial charge >= 0.3 is 0 Å². The summed E-state index contributed by atoms with van der Waals surface area (Å²) < 4.78 is 5.70. The van der Waals surface area contributed by atoms with E-state index >= 15 is 0 Å². The molecule has 0 aromatic heterocycles. The summed E-state index contributed by atoms with van der Waals surface area (Å²) in [5.41, 5.74) is 0. The number of carbonyl (C=O) groups is 1. The molecule has 0 radical (unpaired) electrons. The summed E-state index contributed by atoms with van der Waals surface area (Å²) in [7, 11) is 4.20. The molecule has 4 nitrogen and oxygen atoms in total. The molecule has 1 unspecified atom stereocenters. The molecule has 0 spiro atoms. The molecule has 2 rings (SSSR count). The van der Waals surface area contributed by atoms with Gasteiger partial charge in [0.2, 0.25) is 0 Å². The van der Waals surface area contributed by atoms with Gasteiger partial charge in [0.1, 0.15) is 5.75 Å². The summed E-state index contributed by atoms with van der Waals surface area (Å²) in [6.45, 7) is 3.47. The van der Waals surface area contributed by atoms with Gasteiger partial charge in [-0.2, -0.15) is 0 Å². The Morgan fingerprint density at radius 3 is 2.40 bits per heavy atom. The Bertz CT molecular complexity index is 425. The summed E-state index contributed by atoms with van der Waals surface area (Å²) in [6, 6.07) is 10.1. The number of para-hydroxylation sites is 1. The van der Waals surface area contributed by atoms with Crippen molar-refractivity contribution in [1.29, 1.82) is 0 Å². The van der Waals surface area contributed by atoms with Gasteiger partial charge in [0.05, 0.1) is 0 Å². The fourth-order valence-corrected chi connectivity index (χ4v) is 2.61. The van der Waals surface area contributed by atoms with Crippen LogP contribution in [0.15, 0.2) is 30.3 Å². The zero-order valence-electron chi connectivity index (χ0n) is 12.6. The Morgan fingerprint density at radius 1 is 1.25 bits per heavy atom. The molecular weight excluding hydrogens is 252 g/mol. The van der Waals surface area contributed by atoms with Crippen LogP contribution in [0.3, 0.4) is 0 Å². The van der Waals surface area contributed by atoms with E-state index in [4.69, 9.17) is 4.74 Å². The number of amides is 1. The van der Waals surface area contributed by atoms with Crippen molar-refractivity contribution in [2.24, 2.45) is 0 Å². The van der Waals surface area contributed by atoms with Gasteiger partial charge in [0.25, 0.3) is 5.91 Å². The molecule has 1 saturated heterocycles. The van der Waals surface area contributed by atoms with Gasteiger partial charge < -0.3 is 14.5 Å². The molecule has 1 aliphatic rings. The van der Waals surface area contributed by atoms with Crippen LogP contribution in [-0.4, -0.2) is 55.0 Å². The molecule has 1 fully saturated rings. The summed E-state index contributed by atoms with van der Waals surface area (Å²) in [5.74, 6) is 0.836. The van der Waals surface area contributed by atoms with E-state index in [0.717, 1.165) is 31.7 Å². The van der Waals surface area contributed by atoms with Gasteiger partial charge in [-0.15, -0.1) is 0 Å². The van der Waals surface area contributed by atoms with E-state index < -0.39 is 6.10 Å². The third-order valence-corrected chi connectivity index (χ3v) is 3.91. The molecule has 1 aromatic rings. The van der Waals surface area contributed by atoms with Crippen molar-refractivity contribution in [2.75, 3.05) is 27.2 Å². The van der Waals surface area contributed by atoms with E-state index in [1.807, 2.05) is 42.2 Å². The zero-order chi connectivity index (χ0) is 14.5. The lowest BCUT2D eigenvalue weighted by Gasteiger charge is -2.36. The lowest BCUT2D eigenvalue weighted by Crippen LogP contribution is -2.48. The van der Waals surface area contributed by atoms with Gasteiger partial charge in [-0.05, 0) is 46.0 Å². The summed E-state index contributed by atoms with van der Waals surface area (Å²) in [4.78, 5) is 16.5. The number of hydrogen-bond acceptors (Lipinski definition) is 3. The average molecular weight is 276 g/mol. The predicted molar refractivity (Wildman–Crippen MR) is 79.8 cm³/mol. The van der Waals surface area contributed by atoms with Gasteiger partial charge in [-0.1, -0.05) is 18.2 Å². The van der Waals surface area contributed by atoms with Gasteiger partial charge in [-0.3, -0.25) is 4.79 Å². The van der Waals surface area contributed by atoms with Crippen molar-refractivity contribution >= 4 is 5.91 Å². The first kappa shape index (κ1) is 14.9. The van der Waals surface area contributed by atoms with Crippen LogP contribution >= 0.6 is 0 Å². The minimum absolute atomic E-state index is 0.0889. The quantitative estimate of drug-likeness (QED) is 0.843. The van der Waals surface area contributed by atoms with Crippen LogP contribution in [0.1, 0.15) is 19.8 Å². The first-order chi connectivity index (χ1) is 9.58. The Morgan fingerprint density at radius 2 is 1.85 bits per heavy atom. The highest BCUT2D eigenvalue weighted by Gasteiger charge is 2.27. The molecule has 1 atom stereocenters. The first-order valence-corrected chi connectivity index (χ1v) is 7.25. The number of carbonyl (C=O) groups excluding carboxylic acids is 1. The molecule has 1 heterocycles. The molecule has 1 aromatic carbocycles. The van der Waals surface area contributed by atoms with Crippen LogP contribution in [0.25, 0.3) is 0 Å². The highest BCUT2D eigenvalue weighted by molar-refractivity contribution is 5.81. The van der Waals surface area contributed by atoms with Crippen molar-refractivity contribution in [3.05, 3.63) is 30.3 Å². The van der Waals surface area contributed by atoms with Crippen molar-refractivity contribution in [1.82, 2.24) is 9.80 Å². The van der Waals surface area contributed by atoms with E-state index in [2.05, 4.69) is 19.0 Å². The van der Waals surface area contributed by atoms with E-state index in [1.54, 1.807) is 0 Å². The molecule has 4 heteroatoms. The number of nitrogens with zero attached hydrogens (tertiary/aromatic N) is 2. The fraction of sp³-hybridized carbons (Fsp3) is 0.562. The molecule has 1 aliphatic heterocycles. The SMILES string of the molecule is CC(Oc1ccccc1)C(=O)N1CCC(N(C)C)CC1. The van der Waals surface area contributed by atoms with E-state index in [0.29, 0.717) is 6.04 Å². The van der Waals surface area contributed by atoms with E-state index in [-0.39, 0.29) is 5.91 Å². The Hall–Kier alpha value is -1.55. The third-order valence-electron chi connectivity index (χ3n) is 3.91. The average Bonchev–Trinajstić information content (AvgIpc) is 2.47. The molecule has 0 saturated carbocycles. The van der Waals surface area contributed by atoms with Crippen LogP contribution in [-0.2, 0) is 4.79 Å². The molecule has 1 amide bonds. The lowest BCUT2D eigenvalue weighted by molar-refractivity contribution is -0.139. The Balaban J connectivity index is 1.85. The maximum absolute atomic E-state index is 12.4. The summed E-state index contributed by atoms with van der Waals surface area (Å²) in [5, 5.41) is 0. The summed E-state index contributed by atoms with van der Waals surface area (Å²) >= 11 is 0. The van der Waals surface area contributed by atoms with Crippen molar-refractivity contribution < 1.29 is 9.53 Å². The number of hydrogen-bond donors (Lipinski definition) is 0. The van der Waals surface area contributed by atoms with Crippen LogP contribution in [0.5, 0.6) is 5.75 Å². The van der Waals surface area contributed by atoms with Crippen LogP contribution in [0.2, 0.25) is 0 Å². The van der Waals surface area contributed by atoms with Crippen molar-refractivity contribution in [3.63, 3.8) is 0 Å². The molecule has 0 bridgehead atoms. The molecule has 0 N–H and O–H groups in total. The van der Waals surface area contributed by atoms with Gasteiger partial charge in [0.15, 0.2) is 6.10 Å². The van der Waals surface area contributed by atoms with Crippen LogP contribution < -0.4 is 4.74 Å². The van der Waals surface area contributed by atoms with Crippen molar-refractivity contribution in [3.8, 4) is 5.75 Å². The maximum atomic E-state index is 12.4. The lowest BCUT2D eigenvalue weighted by atomic mass is 10.0. The maximum Gasteiger partial charge on any atom is 0.263 e. The molecule has 20 heavy (non-hydrogen) atoms. The number of piperidine rings is 1. The number of rotatable bonds is 4. The number of benzene rings is 1. The number of ether oxygens (including phenoxy) is 1. The standard InChI is InChI=1S/C16H24N2O2/c1-13(20-15-7-5-4-6-8-15)16(19)18-11-9-14(10-12-18)17(2)3/h4-8,13-14H,9-12H2,1-3H3. The Kier molecular flexibility index (Phi) is 5.01. The first-order valence-electron chi connectivity index (χ1n) is 7.25. The summed E-state index contributed by atoms with van der Waals surface area (Å²) in [6.07, 6.45) is 1.65. The van der Waals surface area contributed by atoms with Crippen LogP contribution in [0.4, 0.5) is 0 Å². The highest BCUT2D eigenvalue weighted by atomic mass is 16.5. The molecular formula is C16H24N2O2. The van der Waals surface area contributed by atoms with E-state index in [1.165, 1.54) is 0 Å². The largest absolute Gasteiger partial charge is 0.481 e. The van der Waals surface area contributed by atoms with E-state index in [9.17, 15) is 4.79 Å². The second-order valence-electron chi connectivity index (χ2n) is 5.59. The fourth-order valence-electron chi connectivity index (χ4n) is 2.61. The number of likely N-dealkylation sites (tertiary alicyclic amines) is 1. The van der Waals surface area contributed by atoms with Crippen LogP contribution in [0, 0.1) is 0 Å². The normalized spacial score (nSPS) is 18.1. The highest BCUT2D eigenvalue weighted by Crippen LogP contribution is 2.17. The molecule has 110 valence electrons. The zero-order valence-corrected chi connectivity index (χ0v) is 12.6. The van der Waals surface area contributed by atoms with Crippen molar-refractivity contribution in [2.45, 2.75) is 31.9 Å².